The smallest absolute Gasteiger partial charge is 0.256 e. The van der Waals surface area contributed by atoms with Gasteiger partial charge in [0.15, 0.2) is 0 Å². The molecule has 1 aromatic heterocycles. The number of benzene rings is 1. The summed E-state index contributed by atoms with van der Waals surface area (Å²) >= 11 is 0. The van der Waals surface area contributed by atoms with Crippen molar-refractivity contribution in [2.75, 3.05) is 13.7 Å². The molecule has 5 nitrogen and oxygen atoms in total. The highest BCUT2D eigenvalue weighted by atomic mass is 16.3. The first-order valence-electron chi connectivity index (χ1n) is 6.78. The molecule has 0 spiro atoms. The topological polar surface area (TPSA) is 66.3 Å². The van der Waals surface area contributed by atoms with Crippen LogP contribution in [0.3, 0.4) is 0 Å². The quantitative estimate of drug-likeness (QED) is 0.931. The third-order valence-corrected chi connectivity index (χ3v) is 3.64. The molecule has 0 aliphatic heterocycles. The lowest BCUT2D eigenvalue weighted by Crippen LogP contribution is -2.34. The second-order valence-electron chi connectivity index (χ2n) is 5.00. The van der Waals surface area contributed by atoms with Crippen LogP contribution in [0.2, 0.25) is 0 Å². The van der Waals surface area contributed by atoms with Crippen LogP contribution in [0.5, 0.6) is 0 Å². The van der Waals surface area contributed by atoms with E-state index in [2.05, 4.69) is 10.2 Å². The summed E-state index contributed by atoms with van der Waals surface area (Å²) in [6.45, 7) is 3.58. The summed E-state index contributed by atoms with van der Waals surface area (Å²) in [7, 11) is 1.69. The highest BCUT2D eigenvalue weighted by Crippen LogP contribution is 2.24. The van der Waals surface area contributed by atoms with Crippen molar-refractivity contribution in [1.82, 2.24) is 15.1 Å². The summed E-state index contributed by atoms with van der Waals surface area (Å²) in [6, 6.07) is 9.00. The Kier molecular flexibility index (Phi) is 4.65. The highest BCUT2D eigenvalue weighted by molar-refractivity contribution is 5.95. The summed E-state index contributed by atoms with van der Waals surface area (Å²) in [4.78, 5) is 14.1. The molecule has 2 aromatic rings. The van der Waals surface area contributed by atoms with Crippen LogP contribution >= 0.6 is 0 Å². The molecule has 1 amide bonds. The standard InChI is InChI=1S/C16H19N3O2/c1-11-6-4-5-7-13(11)15(10-20)19(3)16(21)14-8-9-17-18-12(14)2/h4-9,15,20H,10H2,1-3H3/t15-/m0/s1. The average molecular weight is 285 g/mol. The summed E-state index contributed by atoms with van der Waals surface area (Å²) < 4.78 is 0. The van der Waals surface area contributed by atoms with Crippen LogP contribution in [0.15, 0.2) is 36.5 Å². The molecule has 1 atom stereocenters. The lowest BCUT2D eigenvalue weighted by atomic mass is 10.00. The Balaban J connectivity index is 2.33. The fraction of sp³-hybridized carbons (Fsp3) is 0.312. The Morgan fingerprint density at radius 2 is 2.00 bits per heavy atom. The predicted molar refractivity (Wildman–Crippen MR) is 79.9 cm³/mol. The van der Waals surface area contributed by atoms with Gasteiger partial charge in [0.2, 0.25) is 0 Å². The molecule has 110 valence electrons. The zero-order chi connectivity index (χ0) is 15.4. The Hall–Kier alpha value is -2.27. The summed E-state index contributed by atoms with van der Waals surface area (Å²) in [5.41, 5.74) is 3.06. The minimum absolute atomic E-state index is 0.134. The van der Waals surface area contributed by atoms with E-state index in [9.17, 15) is 9.90 Å². The van der Waals surface area contributed by atoms with Gasteiger partial charge < -0.3 is 10.0 Å². The molecule has 21 heavy (non-hydrogen) atoms. The molecule has 0 unspecified atom stereocenters. The van der Waals surface area contributed by atoms with Gasteiger partial charge in [-0.3, -0.25) is 4.79 Å². The van der Waals surface area contributed by atoms with Crippen molar-refractivity contribution in [3.05, 3.63) is 58.9 Å². The number of carbonyl (C=O) groups excluding carboxylic acids is 1. The second kappa shape index (κ2) is 6.45. The fourth-order valence-electron chi connectivity index (χ4n) is 2.35. The van der Waals surface area contributed by atoms with Crippen molar-refractivity contribution < 1.29 is 9.90 Å². The van der Waals surface area contributed by atoms with Gasteiger partial charge in [-0.2, -0.15) is 10.2 Å². The number of aliphatic hydroxyl groups is 1. The van der Waals surface area contributed by atoms with Gasteiger partial charge in [-0.25, -0.2) is 0 Å². The van der Waals surface area contributed by atoms with Crippen molar-refractivity contribution in [2.24, 2.45) is 0 Å². The maximum absolute atomic E-state index is 12.6. The minimum Gasteiger partial charge on any atom is -0.394 e. The number of hydrogen-bond donors (Lipinski definition) is 1. The van der Waals surface area contributed by atoms with Crippen molar-refractivity contribution in [3.63, 3.8) is 0 Å². The lowest BCUT2D eigenvalue weighted by molar-refractivity contribution is 0.0656. The highest BCUT2D eigenvalue weighted by Gasteiger charge is 2.24. The molecule has 1 N–H and O–H groups in total. The van der Waals surface area contributed by atoms with Gasteiger partial charge in [-0.1, -0.05) is 24.3 Å². The summed E-state index contributed by atoms with van der Waals surface area (Å²) in [5.74, 6) is -0.176. The molecule has 5 heteroatoms. The van der Waals surface area contributed by atoms with E-state index in [1.54, 1.807) is 24.9 Å². The molecule has 0 aliphatic carbocycles. The first-order valence-corrected chi connectivity index (χ1v) is 6.78. The predicted octanol–water partition coefficient (Wildman–Crippen LogP) is 1.90. The van der Waals surface area contributed by atoms with E-state index < -0.39 is 0 Å². The zero-order valence-electron chi connectivity index (χ0n) is 12.4. The van der Waals surface area contributed by atoms with Gasteiger partial charge in [0.25, 0.3) is 5.91 Å². The van der Waals surface area contributed by atoms with Crippen LogP contribution in [0.1, 0.15) is 33.2 Å². The van der Waals surface area contributed by atoms with E-state index in [1.165, 1.54) is 6.20 Å². The molecule has 0 aliphatic rings. The van der Waals surface area contributed by atoms with E-state index >= 15 is 0 Å². The number of nitrogens with zero attached hydrogens (tertiary/aromatic N) is 3. The van der Waals surface area contributed by atoms with Gasteiger partial charge in [0.1, 0.15) is 0 Å². The van der Waals surface area contributed by atoms with E-state index in [0.717, 1.165) is 11.1 Å². The molecule has 0 saturated carbocycles. The molecule has 0 radical (unpaired) electrons. The maximum Gasteiger partial charge on any atom is 0.256 e. The van der Waals surface area contributed by atoms with Crippen LogP contribution in [0.4, 0.5) is 0 Å². The van der Waals surface area contributed by atoms with Crippen molar-refractivity contribution in [2.45, 2.75) is 19.9 Å². The molecular weight excluding hydrogens is 266 g/mol. The van der Waals surface area contributed by atoms with Crippen LogP contribution in [-0.4, -0.2) is 39.8 Å². The Morgan fingerprint density at radius 3 is 2.62 bits per heavy atom. The number of hydrogen-bond acceptors (Lipinski definition) is 4. The van der Waals surface area contributed by atoms with E-state index in [4.69, 9.17) is 0 Å². The van der Waals surface area contributed by atoms with Crippen LogP contribution in [0, 0.1) is 13.8 Å². The summed E-state index contributed by atoms with van der Waals surface area (Å²) in [6.07, 6.45) is 1.50. The van der Waals surface area contributed by atoms with Crippen molar-refractivity contribution >= 4 is 5.91 Å². The SMILES string of the molecule is Cc1ccccc1[C@H](CO)N(C)C(=O)c1ccnnc1C. The molecule has 0 bridgehead atoms. The Bertz CT molecular complexity index is 643. The molecule has 2 rings (SSSR count). The zero-order valence-corrected chi connectivity index (χ0v) is 12.4. The third kappa shape index (κ3) is 3.08. The molecule has 1 aromatic carbocycles. The molecule has 1 heterocycles. The van der Waals surface area contributed by atoms with Gasteiger partial charge in [-0.15, -0.1) is 0 Å². The average Bonchev–Trinajstić information content (AvgIpc) is 2.49. The summed E-state index contributed by atoms with van der Waals surface area (Å²) in [5, 5.41) is 17.4. The Labute approximate surface area is 124 Å². The molecular formula is C16H19N3O2. The Morgan fingerprint density at radius 1 is 1.29 bits per heavy atom. The van der Waals surface area contributed by atoms with Crippen molar-refractivity contribution in [3.8, 4) is 0 Å². The maximum atomic E-state index is 12.6. The second-order valence-corrected chi connectivity index (χ2v) is 5.00. The number of likely N-dealkylation sites (N-methyl/N-ethyl adjacent to an activating group) is 1. The van der Waals surface area contributed by atoms with Gasteiger partial charge >= 0.3 is 0 Å². The van der Waals surface area contributed by atoms with E-state index in [-0.39, 0.29) is 18.6 Å². The lowest BCUT2D eigenvalue weighted by Gasteiger charge is -2.28. The first kappa shape index (κ1) is 15.1. The normalized spacial score (nSPS) is 12.0. The van der Waals surface area contributed by atoms with Crippen LogP contribution in [-0.2, 0) is 0 Å². The van der Waals surface area contributed by atoms with Gasteiger partial charge in [-0.05, 0) is 31.0 Å². The number of aryl methyl sites for hydroxylation is 2. The fourth-order valence-corrected chi connectivity index (χ4v) is 2.35. The number of aliphatic hydroxyl groups excluding tert-OH is 1. The van der Waals surface area contributed by atoms with Crippen molar-refractivity contribution in [1.29, 1.82) is 0 Å². The first-order chi connectivity index (χ1) is 10.1. The van der Waals surface area contributed by atoms with Gasteiger partial charge in [0.05, 0.1) is 30.1 Å². The minimum atomic E-state index is -0.383. The van der Waals surface area contributed by atoms with Crippen LogP contribution < -0.4 is 0 Å². The molecule has 0 saturated heterocycles. The number of aromatic nitrogens is 2. The largest absolute Gasteiger partial charge is 0.394 e. The monoisotopic (exact) mass is 285 g/mol. The van der Waals surface area contributed by atoms with Gasteiger partial charge in [0, 0.05) is 7.05 Å². The van der Waals surface area contributed by atoms with E-state index in [0.29, 0.717) is 11.3 Å². The third-order valence-electron chi connectivity index (χ3n) is 3.64. The number of carbonyl (C=O) groups is 1. The number of amides is 1. The van der Waals surface area contributed by atoms with Crippen LogP contribution in [0.25, 0.3) is 0 Å². The number of rotatable bonds is 4. The van der Waals surface area contributed by atoms with E-state index in [1.807, 2.05) is 31.2 Å². The molecule has 0 fully saturated rings.